The maximum atomic E-state index is 13.0. The number of amides is 1. The molecule has 0 spiro atoms. The number of benzene rings is 2. The molecule has 1 aliphatic heterocycles. The molecule has 1 atom stereocenters. The Hall–Kier alpha value is -2.20. The van der Waals surface area contributed by atoms with E-state index in [0.717, 1.165) is 30.2 Å². The van der Waals surface area contributed by atoms with Crippen molar-refractivity contribution in [2.45, 2.75) is 96.8 Å². The number of unbranched alkanes of at least 4 members (excludes halogenated alkanes) is 12. The van der Waals surface area contributed by atoms with Gasteiger partial charge in [-0.05, 0) is 29.5 Å². The van der Waals surface area contributed by atoms with E-state index >= 15 is 0 Å². The van der Waals surface area contributed by atoms with Gasteiger partial charge in [0.1, 0.15) is 5.84 Å². The third-order valence-corrected chi connectivity index (χ3v) is 8.65. The minimum Gasteiger partial charge on any atom is -0.290 e. The second-order valence-corrected chi connectivity index (χ2v) is 11.9. The van der Waals surface area contributed by atoms with Crippen LogP contribution in [0.5, 0.6) is 0 Å². The van der Waals surface area contributed by atoms with Crippen molar-refractivity contribution in [1.29, 1.82) is 0 Å². The van der Waals surface area contributed by atoms with Crippen molar-refractivity contribution in [2.75, 3.05) is 11.6 Å². The molecular formula is C32H46N2OS. The highest BCUT2D eigenvalue weighted by molar-refractivity contribution is 8.16. The van der Waals surface area contributed by atoms with Crippen LogP contribution in [0.25, 0.3) is 0 Å². The third kappa shape index (κ3) is 10.8. The van der Waals surface area contributed by atoms with Crippen molar-refractivity contribution in [3.63, 3.8) is 0 Å². The van der Waals surface area contributed by atoms with Crippen molar-refractivity contribution >= 4 is 33.3 Å². The lowest BCUT2D eigenvalue weighted by Crippen LogP contribution is -2.32. The quantitative estimate of drug-likeness (QED) is 0.0967. The summed E-state index contributed by atoms with van der Waals surface area (Å²) in [6.45, 7) is 2.28. The Morgan fingerprint density at radius 3 is 1.89 bits per heavy atom. The van der Waals surface area contributed by atoms with Gasteiger partial charge >= 0.3 is 0 Å². The molecule has 0 saturated carbocycles. The van der Waals surface area contributed by atoms with Crippen molar-refractivity contribution < 1.29 is 4.79 Å². The summed E-state index contributed by atoms with van der Waals surface area (Å²) >= 11 is 0. The van der Waals surface area contributed by atoms with Crippen LogP contribution in [0.2, 0.25) is 0 Å². The van der Waals surface area contributed by atoms with Crippen LogP contribution in [0.4, 0.5) is 5.69 Å². The van der Waals surface area contributed by atoms with Crippen LogP contribution in [0.15, 0.2) is 65.7 Å². The zero-order valence-corrected chi connectivity index (χ0v) is 23.2. The predicted molar refractivity (Wildman–Crippen MR) is 160 cm³/mol. The molecule has 1 heterocycles. The SMILES string of the molecule is CCCCCCCCCCCCCCCC(=Nc1ccccc1)N1CS(=Cc2ccccc2)CC1=O. The number of aliphatic imine (C=N–C) groups is 1. The van der Waals surface area contributed by atoms with Gasteiger partial charge in [0.2, 0.25) is 5.91 Å². The highest BCUT2D eigenvalue weighted by Crippen LogP contribution is 2.27. The number of carbonyl (C=O) groups excluding carboxylic acids is 1. The molecule has 1 saturated heterocycles. The molecule has 2 aromatic rings. The van der Waals surface area contributed by atoms with Gasteiger partial charge in [-0.15, -0.1) is 0 Å². The van der Waals surface area contributed by atoms with Gasteiger partial charge in [-0.25, -0.2) is 4.99 Å². The Balaban J connectivity index is 1.43. The van der Waals surface area contributed by atoms with Gasteiger partial charge in [0.25, 0.3) is 0 Å². The van der Waals surface area contributed by atoms with Gasteiger partial charge in [-0.2, -0.15) is 10.5 Å². The maximum absolute atomic E-state index is 13.0. The summed E-state index contributed by atoms with van der Waals surface area (Å²) in [5.74, 6) is 2.53. The lowest BCUT2D eigenvalue weighted by molar-refractivity contribution is -0.123. The molecule has 2 aromatic carbocycles. The van der Waals surface area contributed by atoms with Gasteiger partial charge in [0.15, 0.2) is 0 Å². The molecule has 1 amide bonds. The topological polar surface area (TPSA) is 32.7 Å². The Morgan fingerprint density at radius 2 is 1.31 bits per heavy atom. The molecule has 0 bridgehead atoms. The first kappa shape index (κ1) is 28.4. The highest BCUT2D eigenvalue weighted by atomic mass is 32.2. The van der Waals surface area contributed by atoms with E-state index in [2.05, 4.69) is 36.6 Å². The van der Waals surface area contributed by atoms with Crippen molar-refractivity contribution in [3.8, 4) is 0 Å². The molecule has 1 aliphatic rings. The first-order valence-corrected chi connectivity index (χ1v) is 15.9. The summed E-state index contributed by atoms with van der Waals surface area (Å²) in [7, 11) is -0.0640. The minimum atomic E-state index is -0.0640. The van der Waals surface area contributed by atoms with Crippen LogP contribution in [0, 0.1) is 0 Å². The van der Waals surface area contributed by atoms with E-state index in [4.69, 9.17) is 4.99 Å². The number of rotatable bonds is 16. The molecule has 3 nitrogen and oxygen atoms in total. The van der Waals surface area contributed by atoms with Crippen LogP contribution < -0.4 is 0 Å². The van der Waals surface area contributed by atoms with E-state index in [0.29, 0.717) is 5.75 Å². The average molecular weight is 507 g/mol. The van der Waals surface area contributed by atoms with E-state index in [9.17, 15) is 4.79 Å². The average Bonchev–Trinajstić information content (AvgIpc) is 3.26. The smallest absolute Gasteiger partial charge is 0.238 e. The van der Waals surface area contributed by atoms with Crippen LogP contribution >= 0.6 is 10.5 Å². The van der Waals surface area contributed by atoms with Gasteiger partial charge in [0, 0.05) is 6.42 Å². The fourth-order valence-electron chi connectivity index (χ4n) is 4.75. The molecule has 0 aliphatic carbocycles. The molecule has 1 fully saturated rings. The Labute approximate surface area is 222 Å². The first-order valence-electron chi connectivity index (χ1n) is 14.3. The third-order valence-electron chi connectivity index (χ3n) is 6.84. The number of nitrogens with zero attached hydrogens (tertiary/aromatic N) is 2. The summed E-state index contributed by atoms with van der Waals surface area (Å²) < 4.78 is 0. The summed E-state index contributed by atoms with van der Waals surface area (Å²) in [6, 6.07) is 20.5. The lowest BCUT2D eigenvalue weighted by Gasteiger charge is -2.18. The summed E-state index contributed by atoms with van der Waals surface area (Å²) in [4.78, 5) is 19.9. The number of carbonyl (C=O) groups is 1. The van der Waals surface area contributed by atoms with E-state index in [-0.39, 0.29) is 16.4 Å². The van der Waals surface area contributed by atoms with Crippen LogP contribution in [0.3, 0.4) is 0 Å². The highest BCUT2D eigenvalue weighted by Gasteiger charge is 2.27. The second kappa shape index (κ2) is 17.3. The first-order chi connectivity index (χ1) is 17.8. The van der Waals surface area contributed by atoms with Crippen LogP contribution in [-0.4, -0.2) is 33.6 Å². The number of hydrogen-bond acceptors (Lipinski definition) is 2. The largest absolute Gasteiger partial charge is 0.290 e. The Kier molecular flexibility index (Phi) is 13.6. The Bertz CT molecular complexity index is 939. The fourth-order valence-corrected chi connectivity index (χ4v) is 6.63. The van der Waals surface area contributed by atoms with Gasteiger partial charge in [0.05, 0.1) is 17.3 Å². The zero-order valence-electron chi connectivity index (χ0n) is 22.4. The van der Waals surface area contributed by atoms with E-state index in [1.54, 1.807) is 0 Å². The number of hydrogen-bond donors (Lipinski definition) is 0. The summed E-state index contributed by atoms with van der Waals surface area (Å²) in [5.41, 5.74) is 2.14. The Morgan fingerprint density at radius 1 is 0.778 bits per heavy atom. The van der Waals surface area contributed by atoms with Crippen LogP contribution in [-0.2, 0) is 4.79 Å². The zero-order chi connectivity index (χ0) is 25.3. The molecular weight excluding hydrogens is 460 g/mol. The van der Waals surface area contributed by atoms with Crippen LogP contribution in [0.1, 0.15) is 102 Å². The molecule has 3 rings (SSSR count). The van der Waals surface area contributed by atoms with Gasteiger partial charge in [-0.1, -0.05) is 133 Å². The summed E-state index contributed by atoms with van der Waals surface area (Å²) in [6.07, 6.45) is 18.4. The van der Waals surface area contributed by atoms with Gasteiger partial charge < -0.3 is 0 Å². The molecule has 0 N–H and O–H groups in total. The van der Waals surface area contributed by atoms with E-state index < -0.39 is 0 Å². The molecule has 196 valence electrons. The van der Waals surface area contributed by atoms with E-state index in [1.807, 2.05) is 41.3 Å². The monoisotopic (exact) mass is 506 g/mol. The normalized spacial score (nSPS) is 16.2. The number of para-hydroxylation sites is 1. The molecule has 0 aromatic heterocycles. The van der Waals surface area contributed by atoms with Crippen molar-refractivity contribution in [2.24, 2.45) is 4.99 Å². The second-order valence-electron chi connectivity index (χ2n) is 10.0. The predicted octanol–water partition coefficient (Wildman–Crippen LogP) is 9.12. The minimum absolute atomic E-state index is 0.0640. The van der Waals surface area contributed by atoms with Gasteiger partial charge in [-0.3, -0.25) is 9.69 Å². The standard InChI is InChI=1S/C32H46N2OS/c1-2-3-4-5-6-7-8-9-10-11-12-13-20-25-31(33-30-23-18-15-19-24-30)34-28-36(27-32(34)35)26-29-21-16-14-17-22-29/h14-19,21-24,26H,2-13,20,25,27-28H2,1H3. The van der Waals surface area contributed by atoms with Crippen molar-refractivity contribution in [1.82, 2.24) is 4.90 Å². The summed E-state index contributed by atoms with van der Waals surface area (Å²) in [5, 5.41) is 2.27. The fraction of sp³-hybridized carbons (Fsp3) is 0.531. The number of amidine groups is 1. The van der Waals surface area contributed by atoms with Crippen molar-refractivity contribution in [3.05, 3.63) is 66.2 Å². The molecule has 36 heavy (non-hydrogen) atoms. The molecule has 0 radical (unpaired) electrons. The van der Waals surface area contributed by atoms with E-state index in [1.165, 1.54) is 82.6 Å². The lowest BCUT2D eigenvalue weighted by atomic mass is 10.0. The molecule has 1 unspecified atom stereocenters. The maximum Gasteiger partial charge on any atom is 0.238 e. The molecule has 4 heteroatoms.